The van der Waals surface area contributed by atoms with Gasteiger partial charge in [-0.05, 0) is 37.5 Å². The fourth-order valence-electron chi connectivity index (χ4n) is 3.96. The third kappa shape index (κ3) is 4.14. The standard InChI is InChI=1S/C20H27N3O6S/c1-4-10-22(15-9-11-30(27,28)13-15)17(24)12-23-18(25)20(2,21-19(23)26)14-5-7-16(29-3)8-6-14/h5-8,15H,4,9-13H2,1-3H3,(H,21,26)/t15-,20-/m1/s1. The highest BCUT2D eigenvalue weighted by Crippen LogP contribution is 2.30. The SMILES string of the molecule is CCCN(C(=O)CN1C(=O)N[C@](C)(c2ccc(OC)cc2)C1=O)[C@@H]1CCS(=O)(=O)C1. The summed E-state index contributed by atoms with van der Waals surface area (Å²) >= 11 is 0. The van der Waals surface area contributed by atoms with Gasteiger partial charge in [-0.1, -0.05) is 19.1 Å². The number of sulfone groups is 1. The summed E-state index contributed by atoms with van der Waals surface area (Å²) in [5.74, 6) is -0.373. The predicted octanol–water partition coefficient (Wildman–Crippen LogP) is 0.888. The van der Waals surface area contributed by atoms with Gasteiger partial charge in [0.05, 0.1) is 18.6 Å². The zero-order chi connectivity index (χ0) is 22.1. The van der Waals surface area contributed by atoms with Crippen molar-refractivity contribution in [1.29, 1.82) is 0 Å². The molecule has 2 aliphatic heterocycles. The minimum atomic E-state index is -3.17. The van der Waals surface area contributed by atoms with E-state index in [-0.39, 0.29) is 11.5 Å². The predicted molar refractivity (Wildman–Crippen MR) is 110 cm³/mol. The van der Waals surface area contributed by atoms with E-state index in [1.54, 1.807) is 31.2 Å². The van der Waals surface area contributed by atoms with Crippen molar-refractivity contribution in [2.75, 3.05) is 31.7 Å². The lowest BCUT2D eigenvalue weighted by Crippen LogP contribution is -2.48. The van der Waals surface area contributed by atoms with Gasteiger partial charge < -0.3 is 15.0 Å². The monoisotopic (exact) mass is 437 g/mol. The van der Waals surface area contributed by atoms with Crippen molar-refractivity contribution in [1.82, 2.24) is 15.1 Å². The van der Waals surface area contributed by atoms with Crippen molar-refractivity contribution in [2.24, 2.45) is 0 Å². The van der Waals surface area contributed by atoms with Crippen molar-refractivity contribution in [3.63, 3.8) is 0 Å². The average Bonchev–Trinajstić information content (AvgIpc) is 3.17. The number of nitrogens with one attached hydrogen (secondary N) is 1. The molecular formula is C20H27N3O6S. The number of carbonyl (C=O) groups excluding carboxylic acids is 3. The lowest BCUT2D eigenvalue weighted by Gasteiger charge is -2.29. The molecule has 2 heterocycles. The molecule has 0 spiro atoms. The van der Waals surface area contributed by atoms with Crippen LogP contribution in [0.15, 0.2) is 24.3 Å². The van der Waals surface area contributed by atoms with Crippen molar-refractivity contribution < 1.29 is 27.5 Å². The molecule has 2 aliphatic rings. The van der Waals surface area contributed by atoms with Gasteiger partial charge in [0.2, 0.25) is 5.91 Å². The molecule has 1 N–H and O–H groups in total. The van der Waals surface area contributed by atoms with Gasteiger partial charge in [-0.15, -0.1) is 0 Å². The molecule has 1 aromatic rings. The van der Waals surface area contributed by atoms with E-state index in [4.69, 9.17) is 4.74 Å². The molecule has 2 saturated heterocycles. The van der Waals surface area contributed by atoms with E-state index in [0.717, 1.165) is 4.90 Å². The third-order valence-corrected chi connectivity index (χ3v) is 7.42. The van der Waals surface area contributed by atoms with Crippen LogP contribution in [0.1, 0.15) is 32.3 Å². The zero-order valence-electron chi connectivity index (χ0n) is 17.4. The lowest BCUT2D eigenvalue weighted by atomic mass is 9.92. The van der Waals surface area contributed by atoms with Gasteiger partial charge in [0.15, 0.2) is 9.84 Å². The van der Waals surface area contributed by atoms with Crippen LogP contribution in [0.4, 0.5) is 4.79 Å². The average molecular weight is 438 g/mol. The normalized spacial score (nSPS) is 25.3. The Kier molecular flexibility index (Phi) is 6.07. The summed E-state index contributed by atoms with van der Waals surface area (Å²) in [7, 11) is -1.63. The molecule has 30 heavy (non-hydrogen) atoms. The number of imide groups is 1. The van der Waals surface area contributed by atoms with E-state index in [0.29, 0.717) is 30.7 Å². The van der Waals surface area contributed by atoms with Gasteiger partial charge in [0.25, 0.3) is 5.91 Å². The van der Waals surface area contributed by atoms with Crippen LogP contribution < -0.4 is 10.1 Å². The Hall–Kier alpha value is -2.62. The van der Waals surface area contributed by atoms with Crippen molar-refractivity contribution in [2.45, 2.75) is 38.3 Å². The highest BCUT2D eigenvalue weighted by molar-refractivity contribution is 7.91. The summed E-state index contributed by atoms with van der Waals surface area (Å²) in [5.41, 5.74) is -0.723. The number of methoxy groups -OCH3 is 1. The Morgan fingerprint density at radius 1 is 1.30 bits per heavy atom. The molecule has 2 fully saturated rings. The number of benzene rings is 1. The summed E-state index contributed by atoms with van der Waals surface area (Å²) in [5, 5.41) is 2.67. The second kappa shape index (κ2) is 8.25. The van der Waals surface area contributed by atoms with Crippen LogP contribution >= 0.6 is 0 Å². The minimum absolute atomic E-state index is 0.0455. The van der Waals surface area contributed by atoms with Crippen LogP contribution in [0, 0.1) is 0 Å². The summed E-state index contributed by atoms with van der Waals surface area (Å²) in [6, 6.07) is 5.69. The summed E-state index contributed by atoms with van der Waals surface area (Å²) < 4.78 is 28.8. The van der Waals surface area contributed by atoms with Gasteiger partial charge in [-0.3, -0.25) is 14.5 Å². The van der Waals surface area contributed by atoms with Gasteiger partial charge >= 0.3 is 6.03 Å². The molecule has 4 amide bonds. The van der Waals surface area contributed by atoms with Crippen LogP contribution in [0.5, 0.6) is 5.75 Å². The van der Waals surface area contributed by atoms with E-state index in [1.807, 2.05) is 6.92 Å². The first-order chi connectivity index (χ1) is 14.1. The first kappa shape index (κ1) is 22.1. The van der Waals surface area contributed by atoms with Crippen LogP contribution in [-0.4, -0.2) is 73.8 Å². The Morgan fingerprint density at radius 2 is 1.97 bits per heavy atom. The number of urea groups is 1. The van der Waals surface area contributed by atoms with Gasteiger partial charge in [-0.25, -0.2) is 13.2 Å². The molecule has 10 heteroatoms. The fraction of sp³-hybridized carbons (Fsp3) is 0.550. The van der Waals surface area contributed by atoms with Crippen molar-refractivity contribution in [3.05, 3.63) is 29.8 Å². The molecule has 3 rings (SSSR count). The summed E-state index contributed by atoms with van der Waals surface area (Å²) in [6.07, 6.45) is 1.02. The number of hydrogen-bond donors (Lipinski definition) is 1. The van der Waals surface area contributed by atoms with Gasteiger partial charge in [-0.2, -0.15) is 0 Å². The van der Waals surface area contributed by atoms with Crippen LogP contribution in [-0.2, 0) is 25.0 Å². The Labute approximate surface area is 176 Å². The topological polar surface area (TPSA) is 113 Å². The molecule has 0 saturated carbocycles. The molecule has 0 unspecified atom stereocenters. The molecule has 0 radical (unpaired) electrons. The van der Waals surface area contributed by atoms with E-state index in [9.17, 15) is 22.8 Å². The number of rotatable bonds is 7. The smallest absolute Gasteiger partial charge is 0.325 e. The molecule has 1 aromatic carbocycles. The minimum Gasteiger partial charge on any atom is -0.497 e. The van der Waals surface area contributed by atoms with E-state index in [1.165, 1.54) is 12.0 Å². The molecule has 0 aliphatic carbocycles. The number of amides is 4. The molecule has 0 aromatic heterocycles. The quantitative estimate of drug-likeness (QED) is 0.634. The third-order valence-electron chi connectivity index (χ3n) is 5.67. The summed E-state index contributed by atoms with van der Waals surface area (Å²) in [4.78, 5) is 41.0. The fourth-order valence-corrected chi connectivity index (χ4v) is 5.69. The number of hydrogen-bond acceptors (Lipinski definition) is 6. The molecule has 0 bridgehead atoms. The van der Waals surface area contributed by atoms with Crippen LogP contribution in [0.2, 0.25) is 0 Å². The molecule has 2 atom stereocenters. The zero-order valence-corrected chi connectivity index (χ0v) is 18.2. The van der Waals surface area contributed by atoms with Crippen molar-refractivity contribution >= 4 is 27.7 Å². The second-order valence-electron chi connectivity index (χ2n) is 7.82. The van der Waals surface area contributed by atoms with Gasteiger partial charge in [0, 0.05) is 12.6 Å². The Morgan fingerprint density at radius 3 is 2.50 bits per heavy atom. The molecule has 9 nitrogen and oxygen atoms in total. The number of carbonyl (C=O) groups is 3. The lowest BCUT2D eigenvalue weighted by molar-refractivity contribution is -0.140. The van der Waals surface area contributed by atoms with E-state index >= 15 is 0 Å². The maximum Gasteiger partial charge on any atom is 0.325 e. The highest BCUT2D eigenvalue weighted by Gasteiger charge is 2.50. The van der Waals surface area contributed by atoms with Crippen molar-refractivity contribution in [3.8, 4) is 5.75 Å². The maximum atomic E-state index is 13.1. The Bertz CT molecular complexity index is 946. The number of ether oxygens (including phenoxy) is 1. The van der Waals surface area contributed by atoms with Gasteiger partial charge in [0.1, 0.15) is 17.8 Å². The largest absolute Gasteiger partial charge is 0.497 e. The van der Waals surface area contributed by atoms with E-state index in [2.05, 4.69) is 5.32 Å². The first-order valence-corrected chi connectivity index (χ1v) is 11.7. The molecule has 164 valence electrons. The molecular weight excluding hydrogens is 410 g/mol. The van der Waals surface area contributed by atoms with Crippen LogP contribution in [0.25, 0.3) is 0 Å². The highest BCUT2D eigenvalue weighted by atomic mass is 32.2. The Balaban J connectivity index is 1.77. The second-order valence-corrected chi connectivity index (χ2v) is 10.0. The summed E-state index contributed by atoms with van der Waals surface area (Å²) in [6.45, 7) is 3.43. The maximum absolute atomic E-state index is 13.1. The number of nitrogens with zero attached hydrogens (tertiary/aromatic N) is 2. The van der Waals surface area contributed by atoms with Crippen LogP contribution in [0.3, 0.4) is 0 Å². The van der Waals surface area contributed by atoms with E-state index < -0.39 is 45.8 Å². The first-order valence-electron chi connectivity index (χ1n) is 9.90.